The SMILES string of the molecule is O=[N+](O)/C=C/c1cccc2c1ccn2S(=O)(=O)c1ccccc1. The Hall–Kier alpha value is -2.93. The van der Waals surface area contributed by atoms with E-state index in [1.165, 1.54) is 28.4 Å². The molecule has 0 unspecified atom stereocenters. The van der Waals surface area contributed by atoms with Gasteiger partial charge in [0.15, 0.2) is 0 Å². The smallest absolute Gasteiger partial charge is 0.241 e. The highest BCUT2D eigenvalue weighted by atomic mass is 32.2. The second-order valence-electron chi connectivity index (χ2n) is 4.83. The third-order valence-corrected chi connectivity index (χ3v) is 5.12. The van der Waals surface area contributed by atoms with Gasteiger partial charge in [0.1, 0.15) is 0 Å². The van der Waals surface area contributed by atoms with Crippen molar-refractivity contribution >= 4 is 27.0 Å². The van der Waals surface area contributed by atoms with Crippen molar-refractivity contribution in [3.8, 4) is 0 Å². The molecule has 116 valence electrons. The summed E-state index contributed by atoms with van der Waals surface area (Å²) < 4.78 is 26.7. The molecule has 0 aliphatic rings. The lowest BCUT2D eigenvalue weighted by molar-refractivity contribution is -0.741. The third-order valence-electron chi connectivity index (χ3n) is 3.41. The lowest BCUT2D eigenvalue weighted by atomic mass is 10.1. The summed E-state index contributed by atoms with van der Waals surface area (Å²) in [6.45, 7) is 0. The predicted molar refractivity (Wildman–Crippen MR) is 85.4 cm³/mol. The Morgan fingerprint density at radius 2 is 1.74 bits per heavy atom. The van der Waals surface area contributed by atoms with Gasteiger partial charge in [-0.15, -0.1) is 0 Å². The van der Waals surface area contributed by atoms with Crippen LogP contribution in [0, 0.1) is 4.91 Å². The summed E-state index contributed by atoms with van der Waals surface area (Å²) in [5.41, 5.74) is 1.12. The van der Waals surface area contributed by atoms with Gasteiger partial charge in [-0.05, 0) is 29.8 Å². The van der Waals surface area contributed by atoms with Gasteiger partial charge in [-0.2, -0.15) is 0 Å². The van der Waals surface area contributed by atoms with Crippen molar-refractivity contribution in [2.75, 3.05) is 0 Å². The molecule has 23 heavy (non-hydrogen) atoms. The van der Waals surface area contributed by atoms with Gasteiger partial charge in [-0.25, -0.2) is 17.6 Å². The number of hydrogen-bond donors (Lipinski definition) is 1. The average molecular weight is 329 g/mol. The standard InChI is InChI=1S/C16H13N2O4S/c19-18(20)12-9-13-5-4-8-16-15(13)10-11-17(16)23(21,22)14-6-2-1-3-7-14/h1-12H,(H,19,20)/q+1/b12-9+. The van der Waals surface area contributed by atoms with E-state index in [1.54, 1.807) is 42.5 Å². The highest BCUT2D eigenvalue weighted by molar-refractivity contribution is 7.90. The molecule has 0 aliphatic heterocycles. The molecular formula is C16H13N2O4S+. The van der Waals surface area contributed by atoms with Gasteiger partial charge < -0.3 is 0 Å². The Kier molecular flexibility index (Phi) is 3.71. The Bertz CT molecular complexity index is 1000. The zero-order valence-electron chi connectivity index (χ0n) is 11.9. The number of fused-ring (bicyclic) bond motifs is 1. The van der Waals surface area contributed by atoms with Gasteiger partial charge in [0.2, 0.25) is 4.92 Å². The highest BCUT2D eigenvalue weighted by Gasteiger charge is 2.19. The number of benzene rings is 2. The molecule has 0 fully saturated rings. The molecule has 3 aromatic rings. The van der Waals surface area contributed by atoms with Crippen LogP contribution in [0.1, 0.15) is 5.56 Å². The van der Waals surface area contributed by atoms with E-state index in [-0.39, 0.29) is 9.82 Å². The van der Waals surface area contributed by atoms with Gasteiger partial charge in [0.25, 0.3) is 16.2 Å². The fourth-order valence-corrected chi connectivity index (χ4v) is 3.74. The topological polar surface area (TPSA) is 79.4 Å². The van der Waals surface area contributed by atoms with E-state index in [4.69, 9.17) is 5.21 Å². The number of hydrogen-bond acceptors (Lipinski definition) is 3. The zero-order valence-corrected chi connectivity index (χ0v) is 12.7. The second-order valence-corrected chi connectivity index (χ2v) is 6.64. The first-order valence-corrected chi connectivity index (χ1v) is 8.18. The molecule has 0 aliphatic carbocycles. The maximum atomic E-state index is 12.7. The van der Waals surface area contributed by atoms with Crippen LogP contribution in [0.15, 0.2) is 71.9 Å². The lowest BCUT2D eigenvalue weighted by Crippen LogP contribution is -2.11. The molecule has 0 atom stereocenters. The molecule has 0 spiro atoms. The van der Waals surface area contributed by atoms with Crippen molar-refractivity contribution in [3.05, 3.63) is 77.5 Å². The third kappa shape index (κ3) is 2.74. The van der Waals surface area contributed by atoms with Gasteiger partial charge in [0, 0.05) is 17.7 Å². The van der Waals surface area contributed by atoms with E-state index >= 15 is 0 Å². The Morgan fingerprint density at radius 3 is 2.43 bits per heavy atom. The van der Waals surface area contributed by atoms with Crippen LogP contribution in [-0.2, 0) is 10.0 Å². The maximum absolute atomic E-state index is 12.7. The summed E-state index contributed by atoms with van der Waals surface area (Å²) in [7, 11) is -3.70. The minimum atomic E-state index is -3.70. The van der Waals surface area contributed by atoms with E-state index in [0.717, 1.165) is 6.20 Å². The fraction of sp³-hybridized carbons (Fsp3) is 0. The van der Waals surface area contributed by atoms with Gasteiger partial charge in [0.05, 0.1) is 15.3 Å². The molecule has 1 N–H and O–H groups in total. The predicted octanol–water partition coefficient (Wildman–Crippen LogP) is 3.02. The molecule has 3 rings (SSSR count). The minimum absolute atomic E-state index is 0.194. The Balaban J connectivity index is 2.18. The number of rotatable bonds is 4. The van der Waals surface area contributed by atoms with Crippen LogP contribution in [0.3, 0.4) is 0 Å². The van der Waals surface area contributed by atoms with Crippen molar-refractivity contribution in [2.24, 2.45) is 0 Å². The van der Waals surface area contributed by atoms with Crippen LogP contribution in [0.2, 0.25) is 0 Å². The monoisotopic (exact) mass is 329 g/mol. The van der Waals surface area contributed by atoms with Crippen LogP contribution in [0.5, 0.6) is 0 Å². The quantitative estimate of drug-likeness (QED) is 0.746. The molecule has 0 bridgehead atoms. The van der Waals surface area contributed by atoms with E-state index < -0.39 is 10.0 Å². The molecule has 0 saturated heterocycles. The molecule has 0 amide bonds. The van der Waals surface area contributed by atoms with E-state index in [1.807, 2.05) is 0 Å². The van der Waals surface area contributed by atoms with Crippen LogP contribution in [-0.4, -0.2) is 22.5 Å². The molecule has 7 heteroatoms. The summed E-state index contributed by atoms with van der Waals surface area (Å²) in [4.78, 5) is 10.5. The Labute approximate surface area is 132 Å². The van der Waals surface area contributed by atoms with Gasteiger partial charge >= 0.3 is 0 Å². The lowest BCUT2D eigenvalue weighted by Gasteiger charge is -2.07. The molecule has 6 nitrogen and oxygen atoms in total. The van der Waals surface area contributed by atoms with Gasteiger partial charge in [-0.3, -0.25) is 0 Å². The van der Waals surface area contributed by atoms with E-state index in [0.29, 0.717) is 16.5 Å². The van der Waals surface area contributed by atoms with Gasteiger partial charge in [-0.1, -0.05) is 30.3 Å². The zero-order chi connectivity index (χ0) is 16.4. The average Bonchev–Trinajstić information content (AvgIpc) is 2.99. The minimum Gasteiger partial charge on any atom is -0.241 e. The van der Waals surface area contributed by atoms with Crippen molar-refractivity contribution in [1.82, 2.24) is 3.97 Å². The van der Waals surface area contributed by atoms with E-state index in [2.05, 4.69) is 0 Å². The summed E-state index contributed by atoms with van der Waals surface area (Å²) in [6.07, 6.45) is 3.82. The summed E-state index contributed by atoms with van der Waals surface area (Å²) in [6, 6.07) is 14.9. The number of nitrogens with zero attached hydrogens (tertiary/aromatic N) is 2. The van der Waals surface area contributed by atoms with Crippen LogP contribution in [0.25, 0.3) is 17.0 Å². The van der Waals surface area contributed by atoms with Crippen molar-refractivity contribution in [1.29, 1.82) is 0 Å². The molecule has 2 aromatic carbocycles. The first-order chi connectivity index (χ1) is 11.0. The number of aromatic nitrogens is 1. The largest absolute Gasteiger partial charge is 0.282 e. The summed E-state index contributed by atoms with van der Waals surface area (Å²) in [5.74, 6) is 0. The van der Waals surface area contributed by atoms with Crippen molar-refractivity contribution in [3.63, 3.8) is 0 Å². The second kappa shape index (κ2) is 5.69. The molecule has 0 saturated carbocycles. The molecule has 1 aromatic heterocycles. The normalized spacial score (nSPS) is 12.0. The maximum Gasteiger partial charge on any atom is 0.282 e. The Morgan fingerprint density at radius 1 is 1.00 bits per heavy atom. The summed E-state index contributed by atoms with van der Waals surface area (Å²) >= 11 is 0. The van der Waals surface area contributed by atoms with Crippen molar-refractivity contribution in [2.45, 2.75) is 4.90 Å². The summed E-state index contributed by atoms with van der Waals surface area (Å²) in [5, 5.41) is 9.32. The highest BCUT2D eigenvalue weighted by Crippen LogP contribution is 2.25. The molecule has 1 heterocycles. The van der Waals surface area contributed by atoms with E-state index in [9.17, 15) is 13.3 Å². The molecular weight excluding hydrogens is 316 g/mol. The first kappa shape index (κ1) is 15.0. The molecule has 0 radical (unpaired) electrons. The van der Waals surface area contributed by atoms with Crippen LogP contribution >= 0.6 is 0 Å². The van der Waals surface area contributed by atoms with Crippen LogP contribution < -0.4 is 0 Å². The van der Waals surface area contributed by atoms with Crippen LogP contribution in [0.4, 0.5) is 0 Å². The first-order valence-electron chi connectivity index (χ1n) is 6.74. The van der Waals surface area contributed by atoms with Crippen molar-refractivity contribution < 1.29 is 18.5 Å². The fourth-order valence-electron chi connectivity index (χ4n) is 2.37.